The topological polar surface area (TPSA) is 86.8 Å². The molecule has 3 aromatic rings. The third-order valence-electron chi connectivity index (χ3n) is 4.69. The highest BCUT2D eigenvalue weighted by Crippen LogP contribution is 2.31. The maximum atomic E-state index is 12.9. The van der Waals surface area contributed by atoms with Crippen molar-refractivity contribution in [3.05, 3.63) is 77.1 Å². The van der Waals surface area contributed by atoms with E-state index in [0.717, 1.165) is 16.9 Å². The van der Waals surface area contributed by atoms with Crippen LogP contribution >= 0.6 is 0 Å². The van der Waals surface area contributed by atoms with Crippen molar-refractivity contribution < 1.29 is 15.0 Å². The van der Waals surface area contributed by atoms with E-state index in [1.165, 1.54) is 24.4 Å². The number of amides is 1. The highest BCUT2D eigenvalue weighted by atomic mass is 16.3. The van der Waals surface area contributed by atoms with Crippen LogP contribution in [0.1, 0.15) is 48.1 Å². The molecule has 0 aliphatic heterocycles. The zero-order valence-corrected chi connectivity index (χ0v) is 17.0. The fraction of sp³-hybridized carbons (Fsp3) is 0.217. The minimum Gasteiger partial charge on any atom is -0.508 e. The van der Waals surface area contributed by atoms with E-state index in [2.05, 4.69) is 31.3 Å². The molecule has 1 aromatic heterocycles. The number of phenolic OH excluding ortho intramolecular Hbond substituents is 2. The number of para-hydroxylation sites is 1. The van der Waals surface area contributed by atoms with Crippen LogP contribution in [0.15, 0.2) is 59.7 Å². The van der Waals surface area contributed by atoms with E-state index in [4.69, 9.17) is 0 Å². The molecule has 1 amide bonds. The quantitative estimate of drug-likeness (QED) is 0.459. The van der Waals surface area contributed by atoms with Gasteiger partial charge in [0.25, 0.3) is 5.91 Å². The van der Waals surface area contributed by atoms with Crippen LogP contribution in [0.2, 0.25) is 0 Å². The van der Waals surface area contributed by atoms with Gasteiger partial charge in [0.2, 0.25) is 0 Å². The summed E-state index contributed by atoms with van der Waals surface area (Å²) in [5, 5.41) is 23.1. The summed E-state index contributed by atoms with van der Waals surface area (Å²) in [5.74, 6) is -0.530. The van der Waals surface area contributed by atoms with Gasteiger partial charge in [-0.1, -0.05) is 39.0 Å². The first-order valence-electron chi connectivity index (χ1n) is 9.32. The second kappa shape index (κ2) is 7.83. The molecule has 0 fully saturated rings. The van der Waals surface area contributed by atoms with Crippen molar-refractivity contribution in [1.82, 2.24) is 9.99 Å². The Hall–Kier alpha value is -3.54. The highest BCUT2D eigenvalue weighted by molar-refractivity contribution is 5.95. The monoisotopic (exact) mass is 391 g/mol. The second-order valence-electron chi connectivity index (χ2n) is 7.89. The Labute approximate surface area is 170 Å². The van der Waals surface area contributed by atoms with Gasteiger partial charge in [0.05, 0.1) is 6.21 Å². The van der Waals surface area contributed by atoms with Gasteiger partial charge in [-0.25, -0.2) is 5.43 Å². The van der Waals surface area contributed by atoms with E-state index in [1.54, 1.807) is 0 Å². The summed E-state index contributed by atoms with van der Waals surface area (Å²) in [6, 6.07) is 15.7. The Balaban J connectivity index is 1.94. The Morgan fingerprint density at radius 1 is 1.07 bits per heavy atom. The smallest absolute Gasteiger partial charge is 0.288 e. The summed E-state index contributed by atoms with van der Waals surface area (Å²) in [6.07, 6.45) is 1.33. The molecule has 0 bridgehead atoms. The van der Waals surface area contributed by atoms with Crippen molar-refractivity contribution in [1.29, 1.82) is 0 Å². The molecule has 1 heterocycles. The molecular formula is C23H25N3O3. The number of carbonyl (C=O) groups is 1. The number of nitrogens with zero attached hydrogens (tertiary/aromatic N) is 2. The van der Waals surface area contributed by atoms with Gasteiger partial charge in [-0.05, 0) is 48.2 Å². The number of benzene rings is 2. The number of aromatic hydroxyl groups is 2. The van der Waals surface area contributed by atoms with E-state index in [1.807, 2.05) is 47.9 Å². The van der Waals surface area contributed by atoms with Crippen LogP contribution in [0, 0.1) is 6.92 Å². The number of hydrazone groups is 1. The van der Waals surface area contributed by atoms with E-state index < -0.39 is 0 Å². The zero-order chi connectivity index (χ0) is 21.2. The zero-order valence-electron chi connectivity index (χ0n) is 17.0. The molecule has 6 heteroatoms. The summed E-state index contributed by atoms with van der Waals surface area (Å²) in [4.78, 5) is 12.9. The number of rotatable bonds is 4. The lowest BCUT2D eigenvalue weighted by atomic mass is 9.87. The SMILES string of the molecule is Cc1c(C(C)(C)C)cc(C(=O)NN=Cc2ccc(O)cc2O)n1-c1ccccc1. The third kappa shape index (κ3) is 4.32. The molecular weight excluding hydrogens is 366 g/mol. The molecule has 29 heavy (non-hydrogen) atoms. The summed E-state index contributed by atoms with van der Waals surface area (Å²) >= 11 is 0. The van der Waals surface area contributed by atoms with Gasteiger partial charge in [0.15, 0.2) is 0 Å². The van der Waals surface area contributed by atoms with Crippen LogP contribution in [0.5, 0.6) is 11.5 Å². The highest BCUT2D eigenvalue weighted by Gasteiger charge is 2.25. The van der Waals surface area contributed by atoms with Crippen LogP contribution in [-0.4, -0.2) is 26.9 Å². The van der Waals surface area contributed by atoms with Gasteiger partial charge >= 0.3 is 0 Å². The van der Waals surface area contributed by atoms with Crippen LogP contribution in [0.3, 0.4) is 0 Å². The third-order valence-corrected chi connectivity index (χ3v) is 4.69. The molecule has 0 aliphatic rings. The predicted molar refractivity (Wildman–Crippen MR) is 114 cm³/mol. The molecule has 3 N–H and O–H groups in total. The molecule has 2 aromatic carbocycles. The van der Waals surface area contributed by atoms with E-state index in [-0.39, 0.29) is 22.8 Å². The molecule has 150 valence electrons. The Bertz CT molecular complexity index is 1060. The van der Waals surface area contributed by atoms with Gasteiger partial charge < -0.3 is 14.8 Å². The van der Waals surface area contributed by atoms with Crippen molar-refractivity contribution in [2.75, 3.05) is 0 Å². The van der Waals surface area contributed by atoms with Gasteiger partial charge in [-0.15, -0.1) is 0 Å². The van der Waals surface area contributed by atoms with E-state index >= 15 is 0 Å². The van der Waals surface area contributed by atoms with Gasteiger partial charge in [0.1, 0.15) is 17.2 Å². The average Bonchev–Trinajstić information content (AvgIpc) is 3.02. The predicted octanol–water partition coefficient (Wildman–Crippen LogP) is 4.26. The largest absolute Gasteiger partial charge is 0.508 e. The lowest BCUT2D eigenvalue weighted by Gasteiger charge is -2.19. The average molecular weight is 391 g/mol. The van der Waals surface area contributed by atoms with Crippen molar-refractivity contribution in [3.63, 3.8) is 0 Å². The minimum atomic E-state index is -0.359. The summed E-state index contributed by atoms with van der Waals surface area (Å²) in [7, 11) is 0. The summed E-state index contributed by atoms with van der Waals surface area (Å²) < 4.78 is 1.92. The van der Waals surface area contributed by atoms with Crippen molar-refractivity contribution >= 4 is 12.1 Å². The Morgan fingerprint density at radius 2 is 1.76 bits per heavy atom. The fourth-order valence-electron chi connectivity index (χ4n) is 3.30. The molecule has 0 aliphatic carbocycles. The number of hydrogen-bond acceptors (Lipinski definition) is 4. The lowest BCUT2D eigenvalue weighted by molar-refractivity contribution is 0.0948. The molecule has 0 unspecified atom stereocenters. The first-order chi connectivity index (χ1) is 13.7. The molecule has 6 nitrogen and oxygen atoms in total. The standard InChI is InChI=1S/C23H25N3O3/c1-15-19(23(2,3)4)13-20(26(15)17-8-6-5-7-9-17)22(29)25-24-14-16-10-11-18(27)12-21(16)28/h5-14,27-28H,1-4H3,(H,25,29). The minimum absolute atomic E-state index is 0.0467. The number of phenols is 2. The molecule has 0 saturated carbocycles. The lowest BCUT2D eigenvalue weighted by Crippen LogP contribution is -2.21. The second-order valence-corrected chi connectivity index (χ2v) is 7.89. The molecule has 0 radical (unpaired) electrons. The number of aromatic nitrogens is 1. The maximum Gasteiger partial charge on any atom is 0.288 e. The molecule has 3 rings (SSSR count). The van der Waals surface area contributed by atoms with Crippen molar-refractivity contribution in [3.8, 4) is 17.2 Å². The Morgan fingerprint density at radius 3 is 2.38 bits per heavy atom. The van der Waals surface area contributed by atoms with Gasteiger partial charge in [-0.2, -0.15) is 5.10 Å². The van der Waals surface area contributed by atoms with Gasteiger partial charge in [0, 0.05) is 23.0 Å². The molecule has 0 spiro atoms. The van der Waals surface area contributed by atoms with Crippen LogP contribution in [-0.2, 0) is 5.41 Å². The number of nitrogens with one attached hydrogen (secondary N) is 1. The number of hydrogen-bond donors (Lipinski definition) is 3. The fourth-order valence-corrected chi connectivity index (χ4v) is 3.30. The first kappa shape index (κ1) is 20.2. The number of carbonyl (C=O) groups excluding carboxylic acids is 1. The summed E-state index contributed by atoms with van der Waals surface area (Å²) in [5.41, 5.74) is 6.23. The Kier molecular flexibility index (Phi) is 5.46. The molecule has 0 atom stereocenters. The summed E-state index contributed by atoms with van der Waals surface area (Å²) in [6.45, 7) is 8.33. The maximum absolute atomic E-state index is 12.9. The normalized spacial score (nSPS) is 11.7. The first-order valence-corrected chi connectivity index (χ1v) is 9.32. The van der Waals surface area contributed by atoms with Crippen molar-refractivity contribution in [2.45, 2.75) is 33.1 Å². The van der Waals surface area contributed by atoms with E-state index in [9.17, 15) is 15.0 Å². The van der Waals surface area contributed by atoms with Crippen molar-refractivity contribution in [2.24, 2.45) is 5.10 Å². The van der Waals surface area contributed by atoms with Crippen LogP contribution in [0.4, 0.5) is 0 Å². The van der Waals surface area contributed by atoms with Gasteiger partial charge in [-0.3, -0.25) is 4.79 Å². The van der Waals surface area contributed by atoms with Crippen LogP contribution in [0.25, 0.3) is 5.69 Å². The van der Waals surface area contributed by atoms with Crippen LogP contribution < -0.4 is 5.43 Å². The molecule has 0 saturated heterocycles. The van der Waals surface area contributed by atoms with E-state index in [0.29, 0.717) is 11.3 Å².